The number of anilines is 1. The molecular formula is C28H30F4N6O7. The third-order valence-electron chi connectivity index (χ3n) is 5.47. The molecule has 242 valence electrons. The number of hydrogen-bond donors (Lipinski definition) is 6. The van der Waals surface area contributed by atoms with Crippen molar-refractivity contribution in [1.29, 1.82) is 5.41 Å². The van der Waals surface area contributed by atoms with Gasteiger partial charge in [-0.25, -0.2) is 9.18 Å². The zero-order valence-corrected chi connectivity index (χ0v) is 23.9. The largest absolute Gasteiger partial charge is 0.490 e. The highest BCUT2D eigenvalue weighted by Gasteiger charge is 2.38. The molecule has 0 spiro atoms. The molecule has 2 amide bonds. The van der Waals surface area contributed by atoms with Crippen molar-refractivity contribution in [2.45, 2.75) is 19.1 Å². The summed E-state index contributed by atoms with van der Waals surface area (Å²) in [5, 5.41) is 17.8. The van der Waals surface area contributed by atoms with E-state index in [0.29, 0.717) is 48.1 Å². The lowest BCUT2D eigenvalue weighted by atomic mass is 10.0. The minimum atomic E-state index is -5.08. The topological polar surface area (TPSA) is 198 Å². The Morgan fingerprint density at radius 3 is 2.24 bits per heavy atom. The van der Waals surface area contributed by atoms with Crippen LogP contribution in [0.1, 0.15) is 34.5 Å². The van der Waals surface area contributed by atoms with Gasteiger partial charge in [0.05, 0.1) is 25.0 Å². The number of alkyl halides is 3. The number of carboxylic acids is 1. The standard InChI is InChI=1S/C26H29FN6O5.C2HF3O2/c1-3-37-22-14-17(6-9-21(22)38-13-12-36-2)23(31-18-7-4-16(5-8-18)24(28)29)26(35)33-32-25(34)19-10-11-30-15-20(19)27;3-2(4,5)1(6)7/h4-11,14-15,23,31H,3,12-13H2,1-2H3,(H3,28,29)(H,32,34)(H,33,35);(H,6,7). The molecule has 0 aliphatic heterocycles. The van der Waals surface area contributed by atoms with Gasteiger partial charge in [0.15, 0.2) is 17.3 Å². The Hall–Kier alpha value is -5.45. The average Bonchev–Trinajstić information content (AvgIpc) is 2.99. The summed E-state index contributed by atoms with van der Waals surface area (Å²) in [6, 6.07) is 11.8. The fourth-order valence-corrected chi connectivity index (χ4v) is 3.36. The van der Waals surface area contributed by atoms with Gasteiger partial charge >= 0.3 is 12.1 Å². The first-order valence-electron chi connectivity index (χ1n) is 12.9. The number of carboxylic acid groups (broad SMARTS) is 1. The van der Waals surface area contributed by atoms with Gasteiger partial charge in [0.25, 0.3) is 11.8 Å². The van der Waals surface area contributed by atoms with Gasteiger partial charge in [-0.15, -0.1) is 0 Å². The Morgan fingerprint density at radius 2 is 1.69 bits per heavy atom. The van der Waals surface area contributed by atoms with E-state index in [0.717, 1.165) is 6.20 Å². The lowest BCUT2D eigenvalue weighted by molar-refractivity contribution is -0.192. The van der Waals surface area contributed by atoms with Crippen LogP contribution in [-0.4, -0.2) is 66.8 Å². The number of carbonyl (C=O) groups is 3. The average molecular weight is 639 g/mol. The number of pyridine rings is 1. The fourth-order valence-electron chi connectivity index (χ4n) is 3.36. The summed E-state index contributed by atoms with van der Waals surface area (Å²) in [5.41, 5.74) is 11.4. The number of nitrogens with one attached hydrogen (secondary N) is 4. The monoisotopic (exact) mass is 638 g/mol. The van der Waals surface area contributed by atoms with Crippen molar-refractivity contribution >= 4 is 29.3 Å². The highest BCUT2D eigenvalue weighted by atomic mass is 19.4. The molecule has 1 aromatic heterocycles. The molecule has 0 aliphatic carbocycles. The van der Waals surface area contributed by atoms with Gasteiger partial charge in [0.1, 0.15) is 18.5 Å². The number of benzene rings is 2. The molecule has 0 radical (unpaired) electrons. The van der Waals surface area contributed by atoms with Gasteiger partial charge in [-0.05, 0) is 55.0 Å². The number of amidine groups is 1. The predicted molar refractivity (Wildman–Crippen MR) is 152 cm³/mol. The van der Waals surface area contributed by atoms with E-state index in [1.807, 2.05) is 6.92 Å². The zero-order chi connectivity index (χ0) is 33.6. The molecule has 0 aliphatic rings. The minimum absolute atomic E-state index is 0.0951. The maximum Gasteiger partial charge on any atom is 0.490 e. The second-order valence-electron chi connectivity index (χ2n) is 8.65. The van der Waals surface area contributed by atoms with Crippen LogP contribution in [0.15, 0.2) is 60.9 Å². The van der Waals surface area contributed by atoms with Crippen LogP contribution >= 0.6 is 0 Å². The van der Waals surface area contributed by atoms with E-state index >= 15 is 0 Å². The Morgan fingerprint density at radius 1 is 1.02 bits per heavy atom. The molecule has 1 atom stereocenters. The van der Waals surface area contributed by atoms with Crippen molar-refractivity contribution in [3.63, 3.8) is 0 Å². The Kier molecular flexibility index (Phi) is 13.5. The number of aromatic nitrogens is 1. The van der Waals surface area contributed by atoms with Crippen molar-refractivity contribution in [3.8, 4) is 11.5 Å². The number of amides is 2. The number of ether oxygens (including phenoxy) is 3. The summed E-state index contributed by atoms with van der Waals surface area (Å²) >= 11 is 0. The molecule has 2 aromatic carbocycles. The molecule has 1 heterocycles. The highest BCUT2D eigenvalue weighted by Crippen LogP contribution is 2.32. The molecule has 3 rings (SSSR count). The van der Waals surface area contributed by atoms with E-state index in [2.05, 4.69) is 21.2 Å². The highest BCUT2D eigenvalue weighted by molar-refractivity contribution is 5.97. The fraction of sp³-hybridized carbons (Fsp3) is 0.250. The Bertz CT molecular complexity index is 1470. The number of nitrogens with two attached hydrogens (primary N) is 1. The van der Waals surface area contributed by atoms with Crippen molar-refractivity contribution < 1.29 is 51.3 Å². The molecule has 0 saturated heterocycles. The summed E-state index contributed by atoms with van der Waals surface area (Å²) in [6.07, 6.45) is -2.92. The molecule has 13 nitrogen and oxygen atoms in total. The number of halogens is 4. The van der Waals surface area contributed by atoms with Crippen LogP contribution in [-0.2, 0) is 14.3 Å². The third-order valence-corrected chi connectivity index (χ3v) is 5.47. The summed E-state index contributed by atoms with van der Waals surface area (Å²) in [7, 11) is 1.57. The number of hydrazine groups is 1. The number of rotatable bonds is 12. The van der Waals surface area contributed by atoms with Crippen LogP contribution in [0.4, 0.5) is 23.2 Å². The van der Waals surface area contributed by atoms with Gasteiger partial charge in [-0.2, -0.15) is 13.2 Å². The normalized spacial score (nSPS) is 11.2. The molecule has 0 saturated carbocycles. The molecular weight excluding hydrogens is 608 g/mol. The second-order valence-corrected chi connectivity index (χ2v) is 8.65. The minimum Gasteiger partial charge on any atom is -0.490 e. The van der Waals surface area contributed by atoms with Crippen molar-refractivity contribution in [1.82, 2.24) is 15.8 Å². The maximum atomic E-state index is 13.9. The Labute approximate surface area is 254 Å². The molecule has 17 heteroatoms. The second kappa shape index (κ2) is 17.0. The SMILES string of the molecule is CCOc1cc(C(Nc2ccc(C(=N)N)cc2)C(=O)NNC(=O)c2ccncc2F)ccc1OCCOC.O=C(O)C(F)(F)F. The molecule has 0 fully saturated rings. The van der Waals surface area contributed by atoms with Crippen molar-refractivity contribution in [2.75, 3.05) is 32.2 Å². The number of hydrogen-bond acceptors (Lipinski definition) is 9. The number of nitrogens with zero attached hydrogens (tertiary/aromatic N) is 1. The van der Waals surface area contributed by atoms with Gasteiger partial charge in [0.2, 0.25) is 0 Å². The van der Waals surface area contributed by atoms with Crippen LogP contribution < -0.4 is 31.4 Å². The summed E-state index contributed by atoms with van der Waals surface area (Å²) < 4.78 is 62.1. The molecule has 1 unspecified atom stereocenters. The first-order chi connectivity index (χ1) is 21.3. The summed E-state index contributed by atoms with van der Waals surface area (Å²) in [5.74, 6) is -4.28. The predicted octanol–water partition coefficient (Wildman–Crippen LogP) is 3.18. The smallest absolute Gasteiger partial charge is 0.490 e. The number of carbonyl (C=O) groups excluding carboxylic acids is 2. The van der Waals surface area contributed by atoms with Crippen LogP contribution in [0.2, 0.25) is 0 Å². The van der Waals surface area contributed by atoms with E-state index in [-0.39, 0.29) is 11.4 Å². The van der Waals surface area contributed by atoms with Crippen LogP contribution in [0, 0.1) is 11.2 Å². The molecule has 0 bridgehead atoms. The quantitative estimate of drug-likeness (QED) is 0.0563. The van der Waals surface area contributed by atoms with E-state index < -0.39 is 35.8 Å². The van der Waals surface area contributed by atoms with E-state index in [9.17, 15) is 27.2 Å². The van der Waals surface area contributed by atoms with E-state index in [1.54, 1.807) is 49.6 Å². The first kappa shape index (κ1) is 35.7. The zero-order valence-electron chi connectivity index (χ0n) is 23.9. The summed E-state index contributed by atoms with van der Waals surface area (Å²) in [4.78, 5) is 38.2. The number of aliphatic carboxylic acids is 1. The molecule has 3 aromatic rings. The number of methoxy groups -OCH3 is 1. The maximum absolute atomic E-state index is 13.9. The lowest BCUT2D eigenvalue weighted by Gasteiger charge is -2.22. The van der Waals surface area contributed by atoms with Crippen LogP contribution in [0.3, 0.4) is 0 Å². The van der Waals surface area contributed by atoms with Crippen LogP contribution in [0.25, 0.3) is 0 Å². The van der Waals surface area contributed by atoms with Crippen LogP contribution in [0.5, 0.6) is 11.5 Å². The number of nitrogen functional groups attached to an aromatic ring is 1. The van der Waals surface area contributed by atoms with Gasteiger partial charge in [-0.1, -0.05) is 6.07 Å². The molecule has 7 N–H and O–H groups in total. The lowest BCUT2D eigenvalue weighted by Crippen LogP contribution is -2.45. The molecule has 45 heavy (non-hydrogen) atoms. The first-order valence-corrected chi connectivity index (χ1v) is 12.9. The van der Waals surface area contributed by atoms with Gasteiger partial charge < -0.3 is 30.4 Å². The third kappa shape index (κ3) is 11.3. The van der Waals surface area contributed by atoms with Gasteiger partial charge in [-0.3, -0.25) is 30.8 Å². The summed E-state index contributed by atoms with van der Waals surface area (Å²) in [6.45, 7) is 2.86. The van der Waals surface area contributed by atoms with Crippen molar-refractivity contribution in [3.05, 3.63) is 83.4 Å². The van der Waals surface area contributed by atoms with E-state index in [1.165, 1.54) is 12.3 Å². The van der Waals surface area contributed by atoms with Gasteiger partial charge in [0, 0.05) is 24.6 Å². The van der Waals surface area contributed by atoms with E-state index in [4.69, 9.17) is 35.3 Å². The van der Waals surface area contributed by atoms with Crippen molar-refractivity contribution in [2.24, 2.45) is 5.73 Å². The Balaban J connectivity index is 0.000000900.